The van der Waals surface area contributed by atoms with Gasteiger partial charge in [0.05, 0.1) is 13.0 Å². The lowest BCUT2D eigenvalue weighted by atomic mass is 9.97. The maximum absolute atomic E-state index is 12.1. The van der Waals surface area contributed by atoms with Crippen molar-refractivity contribution in [3.8, 4) is 5.75 Å². The molecule has 4 nitrogen and oxygen atoms in total. The highest BCUT2D eigenvalue weighted by Gasteiger charge is 2.30. The zero-order chi connectivity index (χ0) is 16.9. The quantitative estimate of drug-likeness (QED) is 0.831. The summed E-state index contributed by atoms with van der Waals surface area (Å²) in [5.74, 6) is 0.699. The molecular weight excluding hydrogens is 309 g/mol. The van der Waals surface area contributed by atoms with Gasteiger partial charge in [-0.15, -0.1) is 0 Å². The molecule has 0 aliphatic carbocycles. The predicted octanol–water partition coefficient (Wildman–Crippen LogP) is 3.35. The summed E-state index contributed by atoms with van der Waals surface area (Å²) in [5, 5.41) is 0. The molecule has 23 heavy (non-hydrogen) atoms. The molecule has 0 radical (unpaired) electrons. The van der Waals surface area contributed by atoms with Crippen molar-refractivity contribution in [3.63, 3.8) is 0 Å². The van der Waals surface area contributed by atoms with E-state index in [2.05, 4.69) is 4.98 Å². The number of ether oxygens (including phenoxy) is 1. The lowest BCUT2D eigenvalue weighted by Gasteiger charge is -2.32. The summed E-state index contributed by atoms with van der Waals surface area (Å²) in [6.07, 6.45) is -0.868. The highest BCUT2D eigenvalue weighted by atomic mass is 19.4. The van der Waals surface area contributed by atoms with Gasteiger partial charge in [-0.3, -0.25) is 9.78 Å². The highest BCUT2D eigenvalue weighted by molar-refractivity contribution is 5.76. The number of carbonyl (C=O) groups is 1. The minimum atomic E-state index is -4.27. The molecule has 1 aromatic rings. The number of rotatable bonds is 5. The van der Waals surface area contributed by atoms with Crippen LogP contribution in [0.25, 0.3) is 0 Å². The third kappa shape index (κ3) is 5.73. The number of hydrogen-bond donors (Lipinski definition) is 0. The van der Waals surface area contributed by atoms with Crippen LogP contribution in [0, 0.1) is 12.8 Å². The number of alkyl halides is 3. The Morgan fingerprint density at radius 1 is 1.39 bits per heavy atom. The topological polar surface area (TPSA) is 42.4 Å². The Morgan fingerprint density at radius 2 is 2.09 bits per heavy atom. The first-order chi connectivity index (χ1) is 10.8. The van der Waals surface area contributed by atoms with Gasteiger partial charge in [0.15, 0.2) is 0 Å². The second-order valence-electron chi connectivity index (χ2n) is 5.89. The molecule has 0 bridgehead atoms. The van der Waals surface area contributed by atoms with Crippen LogP contribution in [0.1, 0.15) is 31.2 Å². The van der Waals surface area contributed by atoms with Crippen LogP contribution in [0.15, 0.2) is 18.5 Å². The molecule has 1 aliphatic rings. The molecule has 0 atom stereocenters. The second-order valence-corrected chi connectivity index (χ2v) is 5.89. The van der Waals surface area contributed by atoms with E-state index in [0.717, 1.165) is 24.2 Å². The molecule has 1 aromatic heterocycles. The van der Waals surface area contributed by atoms with Crippen molar-refractivity contribution in [2.45, 2.75) is 38.8 Å². The SMILES string of the molecule is Cc1cnccc1OCC1CCN(C(=O)CCC(F)(F)F)CC1. The van der Waals surface area contributed by atoms with Crippen molar-refractivity contribution in [3.05, 3.63) is 24.0 Å². The van der Waals surface area contributed by atoms with Gasteiger partial charge in [-0.1, -0.05) is 0 Å². The fourth-order valence-electron chi connectivity index (χ4n) is 2.59. The van der Waals surface area contributed by atoms with Gasteiger partial charge in [0.1, 0.15) is 5.75 Å². The first-order valence-corrected chi connectivity index (χ1v) is 7.73. The second kappa shape index (κ2) is 7.66. The van der Waals surface area contributed by atoms with Crippen molar-refractivity contribution < 1.29 is 22.7 Å². The molecule has 0 unspecified atom stereocenters. The van der Waals surface area contributed by atoms with Crippen LogP contribution in [-0.4, -0.2) is 41.7 Å². The molecule has 2 heterocycles. The first-order valence-electron chi connectivity index (χ1n) is 7.73. The Bertz CT molecular complexity index is 526. The van der Waals surface area contributed by atoms with Gasteiger partial charge < -0.3 is 9.64 Å². The predicted molar refractivity (Wildman–Crippen MR) is 79.1 cm³/mol. The Balaban J connectivity index is 1.71. The molecular formula is C16H21F3N2O2. The van der Waals surface area contributed by atoms with Crippen LogP contribution >= 0.6 is 0 Å². The van der Waals surface area contributed by atoms with Crippen molar-refractivity contribution >= 4 is 5.91 Å². The van der Waals surface area contributed by atoms with Crippen LogP contribution in [0.2, 0.25) is 0 Å². The Labute approximate surface area is 133 Å². The molecule has 1 aliphatic heterocycles. The average molecular weight is 330 g/mol. The first kappa shape index (κ1) is 17.6. The number of carbonyl (C=O) groups excluding carboxylic acids is 1. The summed E-state index contributed by atoms with van der Waals surface area (Å²) >= 11 is 0. The lowest BCUT2D eigenvalue weighted by molar-refractivity contribution is -0.149. The Hall–Kier alpha value is -1.79. The van der Waals surface area contributed by atoms with Gasteiger partial charge in [-0.05, 0) is 31.7 Å². The fraction of sp³-hybridized carbons (Fsp3) is 0.625. The number of aryl methyl sites for hydroxylation is 1. The number of amides is 1. The lowest BCUT2D eigenvalue weighted by Crippen LogP contribution is -2.40. The molecule has 0 aromatic carbocycles. The van der Waals surface area contributed by atoms with E-state index in [4.69, 9.17) is 4.74 Å². The monoisotopic (exact) mass is 330 g/mol. The summed E-state index contributed by atoms with van der Waals surface area (Å²) in [4.78, 5) is 17.3. The summed E-state index contributed by atoms with van der Waals surface area (Å²) in [6.45, 7) is 3.47. The Morgan fingerprint density at radius 3 is 2.70 bits per heavy atom. The van der Waals surface area contributed by atoms with E-state index in [-0.39, 0.29) is 0 Å². The third-order valence-electron chi connectivity index (χ3n) is 4.03. The van der Waals surface area contributed by atoms with E-state index in [1.54, 1.807) is 12.4 Å². The van der Waals surface area contributed by atoms with Gasteiger partial charge >= 0.3 is 6.18 Å². The standard InChI is InChI=1S/C16H21F3N2O2/c1-12-10-20-7-3-14(12)23-11-13-4-8-21(9-5-13)15(22)2-6-16(17,18)19/h3,7,10,13H,2,4-6,8-9,11H2,1H3. The maximum Gasteiger partial charge on any atom is 0.389 e. The van der Waals surface area contributed by atoms with Crippen molar-refractivity contribution in [2.75, 3.05) is 19.7 Å². The number of piperidine rings is 1. The summed E-state index contributed by atoms with van der Waals surface area (Å²) < 4.78 is 42.2. The molecule has 0 N–H and O–H groups in total. The van der Waals surface area contributed by atoms with Gasteiger partial charge in [-0.25, -0.2) is 0 Å². The number of hydrogen-bond acceptors (Lipinski definition) is 3. The molecule has 7 heteroatoms. The smallest absolute Gasteiger partial charge is 0.389 e. The number of halogens is 3. The van der Waals surface area contributed by atoms with Gasteiger partial charge in [0.2, 0.25) is 5.91 Å². The minimum absolute atomic E-state index is 0.314. The van der Waals surface area contributed by atoms with E-state index in [0.29, 0.717) is 25.6 Å². The number of aromatic nitrogens is 1. The van der Waals surface area contributed by atoms with Crippen molar-refractivity contribution in [1.82, 2.24) is 9.88 Å². The van der Waals surface area contributed by atoms with Crippen LogP contribution in [0.4, 0.5) is 13.2 Å². The summed E-state index contributed by atoms with van der Waals surface area (Å²) in [6, 6.07) is 1.81. The van der Waals surface area contributed by atoms with Crippen LogP contribution in [0.5, 0.6) is 5.75 Å². The summed E-state index contributed by atoms with van der Waals surface area (Å²) in [7, 11) is 0. The van der Waals surface area contributed by atoms with Gasteiger partial charge in [0.25, 0.3) is 0 Å². The van der Waals surface area contributed by atoms with E-state index in [1.807, 2.05) is 13.0 Å². The maximum atomic E-state index is 12.1. The minimum Gasteiger partial charge on any atom is -0.493 e. The molecule has 1 amide bonds. The highest BCUT2D eigenvalue weighted by Crippen LogP contribution is 2.24. The fourth-order valence-corrected chi connectivity index (χ4v) is 2.59. The van der Waals surface area contributed by atoms with Gasteiger partial charge in [-0.2, -0.15) is 13.2 Å². The molecule has 128 valence electrons. The van der Waals surface area contributed by atoms with E-state index >= 15 is 0 Å². The molecule has 1 saturated heterocycles. The number of likely N-dealkylation sites (tertiary alicyclic amines) is 1. The number of nitrogens with zero attached hydrogens (tertiary/aromatic N) is 2. The molecule has 0 spiro atoms. The molecule has 1 fully saturated rings. The van der Waals surface area contributed by atoms with Crippen molar-refractivity contribution in [1.29, 1.82) is 0 Å². The number of pyridine rings is 1. The Kier molecular flexibility index (Phi) is 5.85. The zero-order valence-electron chi connectivity index (χ0n) is 13.1. The average Bonchev–Trinajstić information content (AvgIpc) is 2.52. The largest absolute Gasteiger partial charge is 0.493 e. The third-order valence-corrected chi connectivity index (χ3v) is 4.03. The van der Waals surface area contributed by atoms with E-state index in [1.165, 1.54) is 4.90 Å². The molecule has 2 rings (SSSR count). The summed E-state index contributed by atoms with van der Waals surface area (Å²) in [5.41, 5.74) is 0.965. The van der Waals surface area contributed by atoms with Crippen LogP contribution in [0.3, 0.4) is 0 Å². The normalized spacial score (nSPS) is 16.4. The van der Waals surface area contributed by atoms with E-state index < -0.39 is 24.9 Å². The van der Waals surface area contributed by atoms with Crippen LogP contribution < -0.4 is 4.74 Å². The van der Waals surface area contributed by atoms with Gasteiger partial charge in [0, 0.05) is 37.5 Å². The van der Waals surface area contributed by atoms with Crippen LogP contribution in [-0.2, 0) is 4.79 Å². The van der Waals surface area contributed by atoms with Crippen molar-refractivity contribution in [2.24, 2.45) is 5.92 Å². The van der Waals surface area contributed by atoms with E-state index in [9.17, 15) is 18.0 Å². The molecule has 0 saturated carbocycles. The zero-order valence-corrected chi connectivity index (χ0v) is 13.1.